The highest BCUT2D eigenvalue weighted by Gasteiger charge is 2.16. The van der Waals surface area contributed by atoms with Crippen LogP contribution >= 0.6 is 0 Å². The van der Waals surface area contributed by atoms with Crippen molar-refractivity contribution >= 4 is 11.6 Å². The summed E-state index contributed by atoms with van der Waals surface area (Å²) in [6.45, 7) is 5.16. The number of aliphatic hydroxyl groups excluding tert-OH is 1. The van der Waals surface area contributed by atoms with Gasteiger partial charge >= 0.3 is 0 Å². The summed E-state index contributed by atoms with van der Waals surface area (Å²) in [5, 5.41) is 12.5. The largest absolute Gasteiger partial charge is 0.393 e. The summed E-state index contributed by atoms with van der Waals surface area (Å²) < 4.78 is 0. The van der Waals surface area contributed by atoms with Crippen LogP contribution < -0.4 is 5.32 Å². The molecular weight excluding hydrogens is 288 g/mol. The normalized spacial score (nSPS) is 16.4. The highest BCUT2D eigenvalue weighted by molar-refractivity contribution is 5.90. The van der Waals surface area contributed by atoms with Crippen molar-refractivity contribution in [2.45, 2.75) is 58.0 Å². The first kappa shape index (κ1) is 18.0. The van der Waals surface area contributed by atoms with Gasteiger partial charge in [0.1, 0.15) is 0 Å². The van der Waals surface area contributed by atoms with Crippen molar-refractivity contribution in [2.24, 2.45) is 0 Å². The minimum atomic E-state index is -0.105. The Hall–Kier alpha value is -1.39. The Kier molecular flexibility index (Phi) is 7.56. The second-order valence-corrected chi connectivity index (χ2v) is 6.53. The molecule has 0 atom stereocenters. The van der Waals surface area contributed by atoms with E-state index in [1.807, 2.05) is 12.1 Å². The van der Waals surface area contributed by atoms with Crippen LogP contribution in [0, 0.1) is 0 Å². The highest BCUT2D eigenvalue weighted by atomic mass is 16.3. The minimum Gasteiger partial charge on any atom is -0.393 e. The van der Waals surface area contributed by atoms with E-state index in [2.05, 4.69) is 29.3 Å². The van der Waals surface area contributed by atoms with Gasteiger partial charge in [0.15, 0.2) is 0 Å². The lowest BCUT2D eigenvalue weighted by molar-refractivity contribution is -0.116. The number of hydrogen-bond acceptors (Lipinski definition) is 3. The number of carbonyl (C=O) groups excluding carboxylic acids is 1. The molecule has 1 heterocycles. The van der Waals surface area contributed by atoms with Gasteiger partial charge in [0, 0.05) is 31.7 Å². The number of amides is 1. The minimum absolute atomic E-state index is 0.105. The van der Waals surface area contributed by atoms with E-state index in [1.54, 1.807) is 0 Å². The van der Waals surface area contributed by atoms with E-state index in [0.29, 0.717) is 6.42 Å². The third-order valence-corrected chi connectivity index (χ3v) is 4.52. The first-order valence-electron chi connectivity index (χ1n) is 8.96. The van der Waals surface area contributed by atoms with E-state index < -0.39 is 0 Å². The first-order valence-corrected chi connectivity index (χ1v) is 8.96. The molecule has 1 aliphatic rings. The Morgan fingerprint density at radius 3 is 2.57 bits per heavy atom. The zero-order valence-corrected chi connectivity index (χ0v) is 14.3. The van der Waals surface area contributed by atoms with Crippen LogP contribution in [0.2, 0.25) is 0 Å². The van der Waals surface area contributed by atoms with Gasteiger partial charge in [-0.2, -0.15) is 0 Å². The number of carbonyl (C=O) groups is 1. The van der Waals surface area contributed by atoms with Crippen molar-refractivity contribution in [1.82, 2.24) is 4.90 Å². The fourth-order valence-corrected chi connectivity index (χ4v) is 2.94. The van der Waals surface area contributed by atoms with E-state index in [1.165, 1.54) is 5.56 Å². The van der Waals surface area contributed by atoms with Gasteiger partial charge in [-0.1, -0.05) is 31.9 Å². The maximum atomic E-state index is 11.8. The Bertz CT molecular complexity index is 465. The van der Waals surface area contributed by atoms with Gasteiger partial charge in [0.2, 0.25) is 5.91 Å². The van der Waals surface area contributed by atoms with Crippen LogP contribution in [0.4, 0.5) is 5.69 Å². The lowest BCUT2D eigenvalue weighted by atomic mass is 10.1. The molecule has 2 rings (SSSR count). The molecule has 2 N–H and O–H groups in total. The standard InChI is InChI=1S/C19H30N2O2/c1-2-3-4-5-19(23)20-17-8-6-16(7-9-17)10-13-21-14-11-18(22)12-15-21/h6-9,18,22H,2-5,10-15H2,1H3,(H,20,23). The highest BCUT2D eigenvalue weighted by Crippen LogP contribution is 2.14. The van der Waals surface area contributed by atoms with E-state index >= 15 is 0 Å². The van der Waals surface area contributed by atoms with E-state index in [0.717, 1.165) is 63.8 Å². The predicted octanol–water partition coefficient (Wildman–Crippen LogP) is 3.20. The number of aliphatic hydroxyl groups is 1. The van der Waals surface area contributed by atoms with Gasteiger partial charge in [-0.25, -0.2) is 0 Å². The lowest BCUT2D eigenvalue weighted by Gasteiger charge is -2.29. The summed E-state index contributed by atoms with van der Waals surface area (Å²) >= 11 is 0. The van der Waals surface area contributed by atoms with Crippen molar-refractivity contribution in [3.05, 3.63) is 29.8 Å². The molecule has 0 unspecified atom stereocenters. The summed E-state index contributed by atoms with van der Waals surface area (Å²) in [5.41, 5.74) is 2.18. The number of benzene rings is 1. The van der Waals surface area contributed by atoms with Gasteiger partial charge in [-0.3, -0.25) is 4.79 Å². The number of piperidine rings is 1. The van der Waals surface area contributed by atoms with Crippen LogP contribution in [0.3, 0.4) is 0 Å². The van der Waals surface area contributed by atoms with Crippen molar-refractivity contribution in [2.75, 3.05) is 25.0 Å². The maximum Gasteiger partial charge on any atom is 0.224 e. The van der Waals surface area contributed by atoms with Gasteiger partial charge in [0.25, 0.3) is 0 Å². The molecule has 128 valence electrons. The third kappa shape index (κ3) is 6.71. The number of nitrogens with one attached hydrogen (secondary N) is 1. The van der Waals surface area contributed by atoms with Crippen molar-refractivity contribution < 1.29 is 9.90 Å². The summed E-state index contributed by atoms with van der Waals surface area (Å²) in [6, 6.07) is 8.18. The molecule has 0 aliphatic carbocycles. The van der Waals surface area contributed by atoms with Crippen LogP contribution in [0.15, 0.2) is 24.3 Å². The van der Waals surface area contributed by atoms with Gasteiger partial charge in [-0.05, 0) is 43.4 Å². The van der Waals surface area contributed by atoms with Crippen LogP contribution in [-0.4, -0.2) is 41.7 Å². The van der Waals surface area contributed by atoms with Crippen LogP contribution in [0.25, 0.3) is 0 Å². The molecular formula is C19H30N2O2. The number of rotatable bonds is 8. The monoisotopic (exact) mass is 318 g/mol. The molecule has 1 saturated heterocycles. The quantitative estimate of drug-likeness (QED) is 0.724. The zero-order valence-electron chi connectivity index (χ0n) is 14.3. The number of unbranched alkanes of at least 4 members (excludes halogenated alkanes) is 2. The van der Waals surface area contributed by atoms with E-state index in [9.17, 15) is 9.90 Å². The number of hydrogen-bond donors (Lipinski definition) is 2. The summed E-state index contributed by atoms with van der Waals surface area (Å²) in [6.07, 6.45) is 6.51. The fraction of sp³-hybridized carbons (Fsp3) is 0.632. The molecule has 4 nitrogen and oxygen atoms in total. The molecule has 0 aromatic heterocycles. The summed E-state index contributed by atoms with van der Waals surface area (Å²) in [7, 11) is 0. The average molecular weight is 318 g/mol. The van der Waals surface area contributed by atoms with Gasteiger partial charge < -0.3 is 15.3 Å². The summed E-state index contributed by atoms with van der Waals surface area (Å²) in [4.78, 5) is 14.2. The summed E-state index contributed by atoms with van der Waals surface area (Å²) in [5.74, 6) is 0.109. The SMILES string of the molecule is CCCCCC(=O)Nc1ccc(CCN2CCC(O)CC2)cc1. The van der Waals surface area contributed by atoms with E-state index in [-0.39, 0.29) is 12.0 Å². The number of likely N-dealkylation sites (tertiary alicyclic amines) is 1. The van der Waals surface area contributed by atoms with Crippen LogP contribution in [0.5, 0.6) is 0 Å². The Labute approximate surface area is 139 Å². The van der Waals surface area contributed by atoms with Crippen molar-refractivity contribution in [1.29, 1.82) is 0 Å². The number of anilines is 1. The molecule has 1 amide bonds. The molecule has 1 aliphatic heterocycles. The molecule has 23 heavy (non-hydrogen) atoms. The molecule has 0 spiro atoms. The molecule has 1 fully saturated rings. The van der Waals surface area contributed by atoms with Crippen LogP contribution in [-0.2, 0) is 11.2 Å². The smallest absolute Gasteiger partial charge is 0.224 e. The van der Waals surface area contributed by atoms with Crippen molar-refractivity contribution in [3.8, 4) is 0 Å². The topological polar surface area (TPSA) is 52.6 Å². The molecule has 1 aromatic rings. The van der Waals surface area contributed by atoms with Crippen LogP contribution in [0.1, 0.15) is 51.0 Å². The van der Waals surface area contributed by atoms with Gasteiger partial charge in [0.05, 0.1) is 6.10 Å². The Morgan fingerprint density at radius 1 is 1.22 bits per heavy atom. The maximum absolute atomic E-state index is 11.8. The second kappa shape index (κ2) is 9.68. The van der Waals surface area contributed by atoms with Gasteiger partial charge in [-0.15, -0.1) is 0 Å². The zero-order chi connectivity index (χ0) is 16.5. The van der Waals surface area contributed by atoms with E-state index in [4.69, 9.17) is 0 Å². The lowest BCUT2D eigenvalue weighted by Crippen LogP contribution is -2.37. The predicted molar refractivity (Wildman–Crippen MR) is 94.6 cm³/mol. The fourth-order valence-electron chi connectivity index (χ4n) is 2.94. The second-order valence-electron chi connectivity index (χ2n) is 6.53. The first-order chi connectivity index (χ1) is 11.2. The molecule has 4 heteroatoms. The molecule has 0 bridgehead atoms. The Morgan fingerprint density at radius 2 is 1.91 bits per heavy atom. The third-order valence-electron chi connectivity index (χ3n) is 4.52. The molecule has 1 aromatic carbocycles. The van der Waals surface area contributed by atoms with Crippen molar-refractivity contribution in [3.63, 3.8) is 0 Å². The number of nitrogens with zero attached hydrogens (tertiary/aromatic N) is 1. The molecule has 0 radical (unpaired) electrons. The molecule has 0 saturated carbocycles. The average Bonchev–Trinajstić information content (AvgIpc) is 2.56. The Balaban J connectivity index is 1.70.